The van der Waals surface area contributed by atoms with Gasteiger partial charge in [-0.2, -0.15) is 0 Å². The number of aryl methyl sites for hydroxylation is 1. The highest BCUT2D eigenvalue weighted by atomic mass is 32.1. The molecule has 0 saturated heterocycles. The van der Waals surface area contributed by atoms with Crippen LogP contribution in [0.4, 0.5) is 10.1 Å². The fourth-order valence-electron chi connectivity index (χ4n) is 1.74. The number of thiophene rings is 1. The Morgan fingerprint density at radius 1 is 1.39 bits per heavy atom. The van der Waals surface area contributed by atoms with Crippen LogP contribution in [-0.2, 0) is 6.54 Å². The van der Waals surface area contributed by atoms with Gasteiger partial charge in [0.15, 0.2) is 0 Å². The van der Waals surface area contributed by atoms with E-state index in [0.717, 1.165) is 16.1 Å². The molecule has 3 N–H and O–H groups in total. The number of anilines is 1. The van der Waals surface area contributed by atoms with Gasteiger partial charge < -0.3 is 11.1 Å². The summed E-state index contributed by atoms with van der Waals surface area (Å²) in [6.07, 6.45) is 0. The van der Waals surface area contributed by atoms with Crippen molar-refractivity contribution in [3.8, 4) is 0 Å². The summed E-state index contributed by atoms with van der Waals surface area (Å²) in [5.74, 6) is -0.156. The smallest absolute Gasteiger partial charge is 0.126 e. The molecule has 2 rings (SSSR count). The van der Waals surface area contributed by atoms with Crippen molar-refractivity contribution in [2.75, 3.05) is 5.73 Å². The van der Waals surface area contributed by atoms with E-state index in [1.54, 1.807) is 24.3 Å². The molecule has 4 heteroatoms. The maximum atomic E-state index is 13.5. The van der Waals surface area contributed by atoms with E-state index in [2.05, 4.69) is 5.32 Å². The molecular formula is C14H17FN2S. The van der Waals surface area contributed by atoms with Gasteiger partial charge in [0.1, 0.15) is 5.82 Å². The average Bonchev–Trinajstić information content (AvgIpc) is 2.75. The van der Waals surface area contributed by atoms with Crippen molar-refractivity contribution in [2.45, 2.75) is 26.4 Å². The molecule has 0 aliphatic rings. The number of halogens is 1. The third-order valence-corrected chi connectivity index (χ3v) is 3.98. The molecular weight excluding hydrogens is 247 g/mol. The van der Waals surface area contributed by atoms with Crippen LogP contribution in [0.1, 0.15) is 29.0 Å². The normalized spacial score (nSPS) is 12.6. The molecule has 1 unspecified atom stereocenters. The van der Waals surface area contributed by atoms with Crippen LogP contribution in [-0.4, -0.2) is 0 Å². The number of nitrogens with one attached hydrogen (secondary N) is 1. The first kappa shape index (κ1) is 13.1. The zero-order valence-corrected chi connectivity index (χ0v) is 11.4. The van der Waals surface area contributed by atoms with Gasteiger partial charge in [0.2, 0.25) is 0 Å². The highest BCUT2D eigenvalue weighted by molar-refractivity contribution is 7.10. The summed E-state index contributed by atoms with van der Waals surface area (Å²) >= 11 is 1.63. The summed E-state index contributed by atoms with van der Waals surface area (Å²) in [5, 5.41) is 5.33. The highest BCUT2D eigenvalue weighted by Crippen LogP contribution is 2.21. The summed E-state index contributed by atoms with van der Waals surface area (Å²) < 4.78 is 13.5. The number of nitrogen functional groups attached to an aromatic ring is 1. The molecule has 0 amide bonds. The SMILES string of the molecule is Cc1ccc(C(C)NCc2sccc2N)cc1F. The van der Waals surface area contributed by atoms with Crippen molar-refractivity contribution < 1.29 is 4.39 Å². The molecule has 0 saturated carbocycles. The fourth-order valence-corrected chi connectivity index (χ4v) is 2.49. The molecule has 18 heavy (non-hydrogen) atoms. The van der Waals surface area contributed by atoms with Gasteiger partial charge in [-0.15, -0.1) is 11.3 Å². The maximum absolute atomic E-state index is 13.5. The molecule has 1 atom stereocenters. The maximum Gasteiger partial charge on any atom is 0.126 e. The lowest BCUT2D eigenvalue weighted by Gasteiger charge is -2.14. The zero-order valence-electron chi connectivity index (χ0n) is 10.5. The van der Waals surface area contributed by atoms with Gasteiger partial charge in [-0.05, 0) is 42.5 Å². The van der Waals surface area contributed by atoms with Crippen LogP contribution in [0.5, 0.6) is 0 Å². The summed E-state index contributed by atoms with van der Waals surface area (Å²) in [6, 6.07) is 7.35. The third-order valence-electron chi connectivity index (χ3n) is 3.04. The van der Waals surface area contributed by atoms with Crippen molar-refractivity contribution in [3.05, 3.63) is 51.5 Å². The largest absolute Gasteiger partial charge is 0.398 e. The van der Waals surface area contributed by atoms with Gasteiger partial charge in [0, 0.05) is 23.2 Å². The Hall–Kier alpha value is -1.39. The Kier molecular flexibility index (Phi) is 3.99. The number of rotatable bonds is 4. The van der Waals surface area contributed by atoms with E-state index in [4.69, 9.17) is 5.73 Å². The van der Waals surface area contributed by atoms with Gasteiger partial charge in [-0.1, -0.05) is 12.1 Å². The van der Waals surface area contributed by atoms with Gasteiger partial charge in [0.05, 0.1) is 0 Å². The first-order chi connectivity index (χ1) is 8.58. The second-order valence-electron chi connectivity index (χ2n) is 4.41. The summed E-state index contributed by atoms with van der Waals surface area (Å²) in [4.78, 5) is 1.12. The van der Waals surface area contributed by atoms with E-state index in [1.807, 2.05) is 30.5 Å². The molecule has 2 aromatic rings. The van der Waals surface area contributed by atoms with E-state index in [0.29, 0.717) is 12.1 Å². The first-order valence-corrected chi connectivity index (χ1v) is 6.77. The molecule has 0 aliphatic heterocycles. The Labute approximate surface area is 111 Å². The number of nitrogens with two attached hydrogens (primary N) is 1. The average molecular weight is 264 g/mol. The Bertz CT molecular complexity index is 536. The number of hydrogen-bond donors (Lipinski definition) is 2. The molecule has 0 fully saturated rings. The van der Waals surface area contributed by atoms with Gasteiger partial charge in [0.25, 0.3) is 0 Å². The zero-order chi connectivity index (χ0) is 13.1. The van der Waals surface area contributed by atoms with Gasteiger partial charge in [-0.3, -0.25) is 0 Å². The summed E-state index contributed by atoms with van der Waals surface area (Å²) in [7, 11) is 0. The summed E-state index contributed by atoms with van der Waals surface area (Å²) in [5.41, 5.74) is 8.26. The monoisotopic (exact) mass is 264 g/mol. The van der Waals surface area contributed by atoms with E-state index < -0.39 is 0 Å². The predicted molar refractivity (Wildman–Crippen MR) is 75.1 cm³/mol. The van der Waals surface area contributed by atoms with Crippen molar-refractivity contribution in [1.29, 1.82) is 0 Å². The van der Waals surface area contributed by atoms with Crippen LogP contribution in [0.2, 0.25) is 0 Å². The highest BCUT2D eigenvalue weighted by Gasteiger charge is 2.08. The van der Waals surface area contributed by atoms with Crippen LogP contribution in [0.15, 0.2) is 29.6 Å². The van der Waals surface area contributed by atoms with E-state index >= 15 is 0 Å². The molecule has 0 radical (unpaired) electrons. The molecule has 96 valence electrons. The number of hydrogen-bond acceptors (Lipinski definition) is 3. The van der Waals surface area contributed by atoms with Crippen molar-refractivity contribution in [3.63, 3.8) is 0 Å². The van der Waals surface area contributed by atoms with Crippen LogP contribution < -0.4 is 11.1 Å². The van der Waals surface area contributed by atoms with Crippen LogP contribution >= 0.6 is 11.3 Å². The van der Waals surface area contributed by atoms with Crippen molar-refractivity contribution in [2.24, 2.45) is 0 Å². The molecule has 1 aromatic carbocycles. The number of benzene rings is 1. The van der Waals surface area contributed by atoms with Crippen molar-refractivity contribution >= 4 is 17.0 Å². The van der Waals surface area contributed by atoms with Crippen LogP contribution in [0.25, 0.3) is 0 Å². The van der Waals surface area contributed by atoms with Gasteiger partial charge >= 0.3 is 0 Å². The fraction of sp³-hybridized carbons (Fsp3) is 0.286. The summed E-state index contributed by atoms with van der Waals surface area (Å²) in [6.45, 7) is 4.50. The topological polar surface area (TPSA) is 38.0 Å². The van der Waals surface area contributed by atoms with Crippen LogP contribution in [0, 0.1) is 12.7 Å². The molecule has 2 nitrogen and oxygen atoms in total. The van der Waals surface area contributed by atoms with E-state index in [9.17, 15) is 4.39 Å². The Morgan fingerprint density at radius 3 is 2.78 bits per heavy atom. The lowest BCUT2D eigenvalue weighted by Crippen LogP contribution is -2.18. The van der Waals surface area contributed by atoms with Gasteiger partial charge in [-0.25, -0.2) is 4.39 Å². The van der Waals surface area contributed by atoms with Crippen molar-refractivity contribution in [1.82, 2.24) is 5.32 Å². The van der Waals surface area contributed by atoms with Crippen LogP contribution in [0.3, 0.4) is 0 Å². The molecule has 1 aromatic heterocycles. The second-order valence-corrected chi connectivity index (χ2v) is 5.41. The molecule has 0 aliphatic carbocycles. The Morgan fingerprint density at radius 2 is 2.17 bits per heavy atom. The first-order valence-electron chi connectivity index (χ1n) is 5.89. The molecule has 0 bridgehead atoms. The third kappa shape index (κ3) is 2.89. The minimum Gasteiger partial charge on any atom is -0.398 e. The Balaban J connectivity index is 2.01. The molecule has 0 spiro atoms. The minimum absolute atomic E-state index is 0.0987. The lowest BCUT2D eigenvalue weighted by molar-refractivity contribution is 0.567. The minimum atomic E-state index is -0.156. The lowest BCUT2D eigenvalue weighted by atomic mass is 10.1. The van der Waals surface area contributed by atoms with E-state index in [-0.39, 0.29) is 11.9 Å². The molecule has 1 heterocycles. The second kappa shape index (κ2) is 5.50. The predicted octanol–water partition coefficient (Wildman–Crippen LogP) is 3.63. The quantitative estimate of drug-likeness (QED) is 0.885. The van der Waals surface area contributed by atoms with E-state index in [1.165, 1.54) is 0 Å². The standard InChI is InChI=1S/C14H17FN2S/c1-9-3-4-11(7-12(9)15)10(2)17-8-14-13(16)5-6-18-14/h3-7,10,17H,8,16H2,1-2H3.